The van der Waals surface area contributed by atoms with E-state index in [2.05, 4.69) is 35.6 Å². The first-order valence-electron chi connectivity index (χ1n) is 5.41. The quantitative estimate of drug-likeness (QED) is 0.812. The zero-order chi connectivity index (χ0) is 11.8. The summed E-state index contributed by atoms with van der Waals surface area (Å²) in [6, 6.07) is 5.96. The smallest absolute Gasteiger partial charge is 0.152 e. The minimum absolute atomic E-state index is 0.756. The van der Waals surface area contributed by atoms with E-state index in [1.54, 1.807) is 6.33 Å². The molecule has 2 aromatic rings. The van der Waals surface area contributed by atoms with Crippen molar-refractivity contribution >= 4 is 27.3 Å². The van der Waals surface area contributed by atoms with Crippen LogP contribution in [0.5, 0.6) is 0 Å². The number of nitrogen functional groups attached to an aromatic ring is 1. The summed E-state index contributed by atoms with van der Waals surface area (Å²) in [5.41, 5.74) is 7.88. The molecule has 2 N–H and O–H groups in total. The van der Waals surface area contributed by atoms with E-state index in [1.165, 1.54) is 0 Å². The van der Waals surface area contributed by atoms with Gasteiger partial charge in [0, 0.05) is 17.6 Å². The van der Waals surface area contributed by atoms with E-state index in [0.29, 0.717) is 0 Å². The number of anilines is 2. The number of nitrogens with two attached hydrogens (primary N) is 1. The Kier molecular flexibility index (Phi) is 2.51. The molecule has 0 atom stereocenters. The Labute approximate surface area is 107 Å². The number of aromatic nitrogens is 3. The fourth-order valence-corrected chi connectivity index (χ4v) is 2.46. The van der Waals surface area contributed by atoms with Gasteiger partial charge in [-0.2, -0.15) is 0 Å². The molecular formula is C11H12BrN5. The number of hydrogen-bond donors (Lipinski definition) is 1. The SMILES string of the molecule is Nc1cc(Br)ccc1N1CCn2cnnc2C1. The van der Waals surface area contributed by atoms with Crippen LogP contribution in [0.15, 0.2) is 29.0 Å². The van der Waals surface area contributed by atoms with Crippen LogP contribution in [0.2, 0.25) is 0 Å². The first kappa shape index (κ1) is 10.6. The molecular weight excluding hydrogens is 282 g/mol. The molecule has 6 heteroatoms. The Morgan fingerprint density at radius 1 is 1.29 bits per heavy atom. The monoisotopic (exact) mass is 293 g/mol. The molecule has 0 radical (unpaired) electrons. The maximum absolute atomic E-state index is 6.03. The van der Waals surface area contributed by atoms with Gasteiger partial charge in [0.2, 0.25) is 0 Å². The fourth-order valence-electron chi connectivity index (χ4n) is 2.09. The van der Waals surface area contributed by atoms with Gasteiger partial charge >= 0.3 is 0 Å². The molecule has 88 valence electrons. The van der Waals surface area contributed by atoms with Crippen molar-refractivity contribution in [2.24, 2.45) is 0 Å². The lowest BCUT2D eigenvalue weighted by Crippen LogP contribution is -2.34. The summed E-state index contributed by atoms with van der Waals surface area (Å²) in [5, 5.41) is 8.02. The summed E-state index contributed by atoms with van der Waals surface area (Å²) in [4.78, 5) is 2.23. The van der Waals surface area contributed by atoms with E-state index in [0.717, 1.165) is 41.3 Å². The predicted octanol–water partition coefficient (Wildman–Crippen LogP) is 1.64. The second kappa shape index (κ2) is 4.03. The van der Waals surface area contributed by atoms with Crippen LogP contribution in [0.4, 0.5) is 11.4 Å². The minimum atomic E-state index is 0.756. The fraction of sp³-hybridized carbons (Fsp3) is 0.273. The normalized spacial score (nSPS) is 14.8. The summed E-state index contributed by atoms with van der Waals surface area (Å²) >= 11 is 3.41. The third-order valence-corrected chi connectivity index (χ3v) is 3.46. The predicted molar refractivity (Wildman–Crippen MR) is 69.6 cm³/mol. The van der Waals surface area contributed by atoms with Crippen LogP contribution in [0.1, 0.15) is 5.82 Å². The van der Waals surface area contributed by atoms with Gasteiger partial charge in [-0.25, -0.2) is 0 Å². The van der Waals surface area contributed by atoms with E-state index < -0.39 is 0 Å². The molecule has 0 spiro atoms. The Morgan fingerprint density at radius 2 is 2.18 bits per heavy atom. The number of benzene rings is 1. The topological polar surface area (TPSA) is 60.0 Å². The van der Waals surface area contributed by atoms with Crippen LogP contribution in [-0.2, 0) is 13.1 Å². The van der Waals surface area contributed by atoms with Gasteiger partial charge in [-0.15, -0.1) is 10.2 Å². The Bertz CT molecular complexity index is 551. The largest absolute Gasteiger partial charge is 0.397 e. The highest BCUT2D eigenvalue weighted by Gasteiger charge is 2.19. The van der Waals surface area contributed by atoms with Crippen molar-refractivity contribution in [3.63, 3.8) is 0 Å². The summed E-state index contributed by atoms with van der Waals surface area (Å²) in [6.45, 7) is 2.58. The van der Waals surface area contributed by atoms with Crippen molar-refractivity contribution in [3.8, 4) is 0 Å². The first-order valence-corrected chi connectivity index (χ1v) is 6.20. The molecule has 0 bridgehead atoms. The van der Waals surface area contributed by atoms with Crippen molar-refractivity contribution < 1.29 is 0 Å². The van der Waals surface area contributed by atoms with Crippen molar-refractivity contribution in [1.82, 2.24) is 14.8 Å². The highest BCUT2D eigenvalue weighted by atomic mass is 79.9. The maximum atomic E-state index is 6.03. The van der Waals surface area contributed by atoms with Crippen molar-refractivity contribution in [3.05, 3.63) is 34.8 Å². The van der Waals surface area contributed by atoms with Crippen LogP contribution in [-0.4, -0.2) is 21.3 Å². The zero-order valence-corrected chi connectivity index (χ0v) is 10.8. The highest BCUT2D eigenvalue weighted by Crippen LogP contribution is 2.28. The third-order valence-electron chi connectivity index (χ3n) is 2.97. The summed E-state index contributed by atoms with van der Waals surface area (Å²) in [5.74, 6) is 0.985. The molecule has 5 nitrogen and oxygen atoms in total. The van der Waals surface area contributed by atoms with Crippen LogP contribution >= 0.6 is 15.9 Å². The first-order chi connectivity index (χ1) is 8.24. The number of nitrogens with zero attached hydrogens (tertiary/aromatic N) is 4. The number of halogens is 1. The lowest BCUT2D eigenvalue weighted by atomic mass is 10.2. The lowest BCUT2D eigenvalue weighted by Gasteiger charge is -2.29. The van der Waals surface area contributed by atoms with Gasteiger partial charge < -0.3 is 15.2 Å². The van der Waals surface area contributed by atoms with Crippen molar-refractivity contribution in [2.45, 2.75) is 13.1 Å². The van der Waals surface area contributed by atoms with E-state index in [9.17, 15) is 0 Å². The van der Waals surface area contributed by atoms with Crippen molar-refractivity contribution in [1.29, 1.82) is 0 Å². The number of hydrogen-bond acceptors (Lipinski definition) is 4. The average Bonchev–Trinajstić information content (AvgIpc) is 2.75. The van der Waals surface area contributed by atoms with E-state index in [-0.39, 0.29) is 0 Å². The van der Waals surface area contributed by atoms with Gasteiger partial charge in [-0.1, -0.05) is 15.9 Å². The molecule has 0 amide bonds. The second-order valence-corrected chi connectivity index (χ2v) is 4.98. The number of rotatable bonds is 1. The van der Waals surface area contributed by atoms with Crippen LogP contribution in [0, 0.1) is 0 Å². The molecule has 0 unspecified atom stereocenters. The van der Waals surface area contributed by atoms with Crippen LogP contribution in [0.3, 0.4) is 0 Å². The maximum Gasteiger partial charge on any atom is 0.152 e. The Morgan fingerprint density at radius 3 is 3.00 bits per heavy atom. The molecule has 0 saturated heterocycles. The summed E-state index contributed by atoms with van der Waals surface area (Å²) in [6.07, 6.45) is 1.78. The molecule has 2 heterocycles. The van der Waals surface area contributed by atoms with Gasteiger partial charge in [-0.3, -0.25) is 0 Å². The molecule has 0 fully saturated rings. The molecule has 3 rings (SSSR count). The Balaban J connectivity index is 1.91. The van der Waals surface area contributed by atoms with Gasteiger partial charge in [0.25, 0.3) is 0 Å². The van der Waals surface area contributed by atoms with Crippen LogP contribution in [0.25, 0.3) is 0 Å². The van der Waals surface area contributed by atoms with Crippen LogP contribution < -0.4 is 10.6 Å². The molecule has 1 aliphatic rings. The molecule has 1 aliphatic heterocycles. The van der Waals surface area contributed by atoms with Gasteiger partial charge in [0.15, 0.2) is 5.82 Å². The van der Waals surface area contributed by atoms with E-state index in [4.69, 9.17) is 5.73 Å². The van der Waals surface area contributed by atoms with Crippen molar-refractivity contribution in [2.75, 3.05) is 17.2 Å². The molecule has 0 saturated carbocycles. The highest BCUT2D eigenvalue weighted by molar-refractivity contribution is 9.10. The minimum Gasteiger partial charge on any atom is -0.397 e. The summed E-state index contributed by atoms with van der Waals surface area (Å²) in [7, 11) is 0. The Hall–Kier alpha value is -1.56. The molecule has 17 heavy (non-hydrogen) atoms. The average molecular weight is 294 g/mol. The molecule has 1 aromatic carbocycles. The lowest BCUT2D eigenvalue weighted by molar-refractivity contribution is 0.560. The summed E-state index contributed by atoms with van der Waals surface area (Å²) < 4.78 is 3.07. The molecule has 1 aromatic heterocycles. The third kappa shape index (κ3) is 1.88. The van der Waals surface area contributed by atoms with E-state index >= 15 is 0 Å². The molecule has 0 aliphatic carbocycles. The number of fused-ring (bicyclic) bond motifs is 1. The second-order valence-electron chi connectivity index (χ2n) is 4.07. The van der Waals surface area contributed by atoms with Gasteiger partial charge in [-0.05, 0) is 18.2 Å². The zero-order valence-electron chi connectivity index (χ0n) is 9.17. The van der Waals surface area contributed by atoms with Gasteiger partial charge in [0.05, 0.1) is 17.9 Å². The van der Waals surface area contributed by atoms with Gasteiger partial charge in [0.1, 0.15) is 6.33 Å². The standard InChI is InChI=1S/C11H12BrN5/c12-8-1-2-10(9(13)5-8)16-3-4-17-7-14-15-11(17)6-16/h1-2,5,7H,3-4,6,13H2. The van der Waals surface area contributed by atoms with E-state index in [1.807, 2.05) is 18.2 Å².